The van der Waals surface area contributed by atoms with Gasteiger partial charge in [0.25, 0.3) is 0 Å². The van der Waals surface area contributed by atoms with Crippen LogP contribution in [0.2, 0.25) is 5.02 Å². The monoisotopic (exact) mass is 504 g/mol. The van der Waals surface area contributed by atoms with E-state index in [1.165, 1.54) is 18.3 Å². The number of rotatable bonds is 7. The number of anilines is 2. The van der Waals surface area contributed by atoms with Crippen LogP contribution < -0.4 is 10.6 Å². The summed E-state index contributed by atoms with van der Waals surface area (Å²) in [6, 6.07) is 10.2. The lowest BCUT2D eigenvalue weighted by Crippen LogP contribution is -2.20. The van der Waals surface area contributed by atoms with Gasteiger partial charge in [-0.15, -0.1) is 5.10 Å². The van der Waals surface area contributed by atoms with E-state index in [1.807, 2.05) is 6.07 Å². The Morgan fingerprint density at radius 1 is 1.28 bits per heavy atom. The van der Waals surface area contributed by atoms with Crippen LogP contribution in [0.15, 0.2) is 48.8 Å². The number of nitriles is 1. The molecule has 2 aromatic carbocycles. The maximum Gasteiger partial charge on any atom is 0.123 e. The zero-order chi connectivity index (χ0) is 26.4. The summed E-state index contributed by atoms with van der Waals surface area (Å²) in [7, 11) is 0. The van der Waals surface area contributed by atoms with Crippen LogP contribution in [0, 0.1) is 22.6 Å². The van der Waals surface area contributed by atoms with E-state index in [0.717, 1.165) is 12.8 Å². The van der Waals surface area contributed by atoms with Crippen LogP contribution in [0.5, 0.6) is 0 Å². The number of hydrogen-bond acceptors (Lipinski definition) is 6. The number of pyridine rings is 1. The van der Waals surface area contributed by atoms with Crippen molar-refractivity contribution in [3.63, 3.8) is 0 Å². The van der Waals surface area contributed by atoms with Crippen LogP contribution >= 0.6 is 11.6 Å². The minimum atomic E-state index is -1.59. The quantitative estimate of drug-likeness (QED) is 0.299. The van der Waals surface area contributed by atoms with E-state index in [0.29, 0.717) is 56.7 Å². The molecule has 1 saturated carbocycles. The van der Waals surface area contributed by atoms with Gasteiger partial charge in [0.1, 0.15) is 17.6 Å². The molecule has 2 aromatic heterocycles. The standard InChI is InChI=1S/C27H27ClFN7/c1-27(2,3)15-32-24-17(12-30)13-31-26-21(24)10-19(11-22(26)28)33-25(16-4-6-18(29)7-5-16)23-14-36(35-34-23)20-8-9-20/h4-7,10-11,13-14,20,25,33H,8-9,15H2,1-3H3,(H,31,32)/i25D. The Morgan fingerprint density at radius 3 is 2.69 bits per heavy atom. The van der Waals surface area contributed by atoms with Crippen molar-refractivity contribution < 1.29 is 5.76 Å². The molecule has 0 bridgehead atoms. The molecule has 2 N–H and O–H groups in total. The van der Waals surface area contributed by atoms with E-state index < -0.39 is 11.8 Å². The van der Waals surface area contributed by atoms with E-state index in [1.54, 1.807) is 29.1 Å². The number of benzene rings is 2. The van der Waals surface area contributed by atoms with Gasteiger partial charge in [-0.05, 0) is 48.1 Å². The lowest BCUT2D eigenvalue weighted by molar-refractivity contribution is 0.443. The molecule has 0 radical (unpaired) electrons. The third-order valence-corrected chi connectivity index (χ3v) is 6.22. The fourth-order valence-corrected chi connectivity index (χ4v) is 4.18. The van der Waals surface area contributed by atoms with E-state index in [2.05, 4.69) is 52.8 Å². The van der Waals surface area contributed by atoms with E-state index in [9.17, 15) is 11.0 Å². The number of hydrogen-bond donors (Lipinski definition) is 2. The van der Waals surface area contributed by atoms with Crippen LogP contribution in [0.3, 0.4) is 0 Å². The Labute approximate surface area is 215 Å². The van der Waals surface area contributed by atoms with Crippen molar-refractivity contribution in [2.75, 3.05) is 17.2 Å². The molecule has 0 aliphatic heterocycles. The average molecular weight is 505 g/mol. The average Bonchev–Trinajstić information content (AvgIpc) is 3.58. The number of aromatic nitrogens is 4. The van der Waals surface area contributed by atoms with Gasteiger partial charge in [0, 0.05) is 23.8 Å². The van der Waals surface area contributed by atoms with Crippen molar-refractivity contribution in [2.24, 2.45) is 5.41 Å². The third-order valence-electron chi connectivity index (χ3n) is 5.93. The van der Waals surface area contributed by atoms with Crippen LogP contribution in [0.25, 0.3) is 10.9 Å². The van der Waals surface area contributed by atoms with Crippen molar-refractivity contribution in [1.82, 2.24) is 20.0 Å². The molecule has 36 heavy (non-hydrogen) atoms. The van der Waals surface area contributed by atoms with Gasteiger partial charge in [-0.1, -0.05) is 49.7 Å². The summed E-state index contributed by atoms with van der Waals surface area (Å²) in [5.41, 5.74) is 2.92. The highest BCUT2D eigenvalue weighted by molar-refractivity contribution is 6.35. The zero-order valence-electron chi connectivity index (χ0n) is 21.3. The molecule has 1 aliphatic carbocycles. The Hall–Kier alpha value is -3.70. The minimum absolute atomic E-state index is 0.0335. The first-order chi connectivity index (χ1) is 17.6. The van der Waals surface area contributed by atoms with Gasteiger partial charge < -0.3 is 10.6 Å². The van der Waals surface area contributed by atoms with Crippen LogP contribution in [0.1, 0.15) is 63.9 Å². The molecule has 9 heteroatoms. The topological polar surface area (TPSA) is 91.5 Å². The molecule has 1 aliphatic rings. The molecule has 0 saturated heterocycles. The molecule has 1 atom stereocenters. The third kappa shape index (κ3) is 5.12. The van der Waals surface area contributed by atoms with Gasteiger partial charge in [0.05, 0.1) is 41.4 Å². The second-order valence-corrected chi connectivity index (χ2v) is 10.7. The molecular weight excluding hydrogens is 477 g/mol. The lowest BCUT2D eigenvalue weighted by Gasteiger charge is -2.22. The van der Waals surface area contributed by atoms with Crippen molar-refractivity contribution in [3.8, 4) is 6.07 Å². The van der Waals surface area contributed by atoms with Gasteiger partial charge in [-0.3, -0.25) is 4.98 Å². The van der Waals surface area contributed by atoms with Gasteiger partial charge in [0.15, 0.2) is 0 Å². The number of halogens is 2. The van der Waals surface area contributed by atoms with Gasteiger partial charge >= 0.3 is 0 Å². The summed E-state index contributed by atoms with van der Waals surface area (Å²) in [6.45, 7) is 6.92. The molecular formula is C27H27ClFN7. The molecule has 184 valence electrons. The number of fused-ring (bicyclic) bond motifs is 1. The van der Waals surface area contributed by atoms with Crippen LogP contribution in [-0.2, 0) is 0 Å². The first kappa shape index (κ1) is 22.7. The van der Waals surface area contributed by atoms with E-state index in [-0.39, 0.29) is 5.41 Å². The second kappa shape index (κ2) is 9.40. The summed E-state index contributed by atoms with van der Waals surface area (Å²) >= 11 is 6.66. The Kier molecular flexibility index (Phi) is 5.94. The van der Waals surface area contributed by atoms with Gasteiger partial charge in [-0.25, -0.2) is 9.07 Å². The van der Waals surface area contributed by atoms with Crippen LogP contribution in [-0.4, -0.2) is 26.5 Å². The molecule has 0 spiro atoms. The van der Waals surface area contributed by atoms with Gasteiger partial charge in [-0.2, -0.15) is 5.26 Å². The lowest BCUT2D eigenvalue weighted by atomic mass is 9.96. The fourth-order valence-electron chi connectivity index (χ4n) is 3.91. The Balaban J connectivity index is 1.62. The normalized spacial score (nSPS) is 15.7. The Morgan fingerprint density at radius 2 is 2.03 bits per heavy atom. The minimum Gasteiger partial charge on any atom is -0.383 e. The van der Waals surface area contributed by atoms with Crippen molar-refractivity contribution in [3.05, 3.63) is 76.5 Å². The summed E-state index contributed by atoms with van der Waals surface area (Å²) < 4.78 is 25.0. The maximum absolute atomic E-state index is 13.8. The number of nitrogens with one attached hydrogen (secondary N) is 2. The molecule has 7 nitrogen and oxygen atoms in total. The van der Waals surface area contributed by atoms with E-state index in [4.69, 9.17) is 11.6 Å². The highest BCUT2D eigenvalue weighted by Crippen LogP contribution is 2.37. The van der Waals surface area contributed by atoms with Crippen molar-refractivity contribution in [2.45, 2.75) is 45.7 Å². The fraction of sp³-hybridized carbons (Fsp3) is 0.333. The van der Waals surface area contributed by atoms with Crippen molar-refractivity contribution >= 4 is 33.9 Å². The Bertz CT molecular complexity index is 1500. The molecule has 0 amide bonds. The van der Waals surface area contributed by atoms with E-state index >= 15 is 0 Å². The molecule has 5 rings (SSSR count). The van der Waals surface area contributed by atoms with Crippen molar-refractivity contribution in [1.29, 1.82) is 5.26 Å². The summed E-state index contributed by atoms with van der Waals surface area (Å²) in [5.74, 6) is -0.397. The molecule has 1 fully saturated rings. The smallest absolute Gasteiger partial charge is 0.123 e. The first-order valence-electron chi connectivity index (χ1n) is 12.3. The summed E-state index contributed by atoms with van der Waals surface area (Å²) in [5, 5.41) is 25.9. The van der Waals surface area contributed by atoms with Gasteiger partial charge in [0.2, 0.25) is 0 Å². The largest absolute Gasteiger partial charge is 0.383 e. The summed E-state index contributed by atoms with van der Waals surface area (Å²) in [6.07, 6.45) is 5.32. The molecule has 4 aromatic rings. The zero-order valence-corrected chi connectivity index (χ0v) is 21.1. The highest BCUT2D eigenvalue weighted by Gasteiger charge is 2.27. The second-order valence-electron chi connectivity index (χ2n) is 10.2. The predicted molar refractivity (Wildman–Crippen MR) is 140 cm³/mol. The maximum atomic E-state index is 13.8. The first-order valence-corrected chi connectivity index (χ1v) is 12.2. The molecule has 2 heterocycles. The molecule has 1 unspecified atom stereocenters. The highest BCUT2D eigenvalue weighted by atomic mass is 35.5. The SMILES string of the molecule is [2H]C(Nc1cc(Cl)c2ncc(C#N)c(NCC(C)(C)C)c2c1)(c1ccc(F)cc1)c1cn(C2CC2)nn1. The number of nitrogens with zero attached hydrogens (tertiary/aromatic N) is 5. The van der Waals surface area contributed by atoms with Crippen LogP contribution in [0.4, 0.5) is 15.8 Å². The summed E-state index contributed by atoms with van der Waals surface area (Å²) in [4.78, 5) is 4.41. The predicted octanol–water partition coefficient (Wildman–Crippen LogP) is 6.48.